The van der Waals surface area contributed by atoms with Crippen molar-refractivity contribution in [1.29, 1.82) is 0 Å². The number of hydrogen-bond donors (Lipinski definition) is 0. The average molecular weight is 388 g/mol. The quantitative estimate of drug-likeness (QED) is 0.348. The molecule has 0 atom stereocenters. The standard InChI is InChI=1S/C17H13N3S4/c1-20-12-6-14-10(18-16(21-2)23-14)4-8(12)9-5-11-15(7-13(9)20)24-17(19-11)22-3/h4-7H,1-3H3. The van der Waals surface area contributed by atoms with Gasteiger partial charge < -0.3 is 4.57 Å². The van der Waals surface area contributed by atoms with E-state index < -0.39 is 0 Å². The number of thioether (sulfide) groups is 2. The van der Waals surface area contributed by atoms with E-state index >= 15 is 0 Å². The molecule has 0 saturated carbocycles. The minimum atomic E-state index is 1.09. The molecule has 0 amide bonds. The van der Waals surface area contributed by atoms with E-state index in [0.29, 0.717) is 0 Å². The van der Waals surface area contributed by atoms with E-state index in [9.17, 15) is 0 Å². The normalized spacial score (nSPS) is 12.3. The Labute approximate surface area is 155 Å². The van der Waals surface area contributed by atoms with Crippen molar-refractivity contribution in [2.24, 2.45) is 7.05 Å². The Balaban J connectivity index is 1.91. The van der Waals surface area contributed by atoms with E-state index in [-0.39, 0.29) is 0 Å². The van der Waals surface area contributed by atoms with E-state index in [1.54, 1.807) is 46.2 Å². The van der Waals surface area contributed by atoms with Crippen LogP contribution in [0.5, 0.6) is 0 Å². The highest BCUT2D eigenvalue weighted by Gasteiger charge is 2.14. The Morgan fingerprint density at radius 1 is 0.792 bits per heavy atom. The number of benzene rings is 2. The van der Waals surface area contributed by atoms with Crippen LogP contribution in [-0.2, 0) is 7.05 Å². The highest BCUT2D eigenvalue weighted by molar-refractivity contribution is 8.00. The molecule has 3 nitrogen and oxygen atoms in total. The Bertz CT molecular complexity index is 1150. The van der Waals surface area contributed by atoms with Crippen LogP contribution in [0, 0.1) is 0 Å². The van der Waals surface area contributed by atoms with Crippen LogP contribution in [0.15, 0.2) is 32.9 Å². The fourth-order valence-corrected chi connectivity index (χ4v) is 6.18. The van der Waals surface area contributed by atoms with Crippen LogP contribution < -0.4 is 0 Å². The zero-order valence-electron chi connectivity index (χ0n) is 13.3. The SMILES string of the molecule is CSc1nc2cc3c4cc5nc(SC)sc5cc4n(C)c3cc2s1. The lowest BCUT2D eigenvalue weighted by Gasteiger charge is -1.97. The number of rotatable bonds is 2. The van der Waals surface area contributed by atoms with Crippen molar-refractivity contribution in [2.75, 3.05) is 12.5 Å². The van der Waals surface area contributed by atoms with Gasteiger partial charge in [0.25, 0.3) is 0 Å². The van der Waals surface area contributed by atoms with Crippen LogP contribution in [0.25, 0.3) is 42.2 Å². The first-order valence-corrected chi connectivity index (χ1v) is 11.5. The van der Waals surface area contributed by atoms with Gasteiger partial charge in [-0.3, -0.25) is 0 Å². The second-order valence-electron chi connectivity index (χ2n) is 5.60. The molecule has 0 aliphatic heterocycles. The van der Waals surface area contributed by atoms with Crippen molar-refractivity contribution >= 4 is 88.4 Å². The van der Waals surface area contributed by atoms with Crippen molar-refractivity contribution in [3.8, 4) is 0 Å². The van der Waals surface area contributed by atoms with Crippen molar-refractivity contribution in [3.05, 3.63) is 24.3 Å². The first-order valence-electron chi connectivity index (χ1n) is 7.39. The predicted molar refractivity (Wildman–Crippen MR) is 110 cm³/mol. The molecule has 24 heavy (non-hydrogen) atoms. The molecular weight excluding hydrogens is 374 g/mol. The van der Waals surface area contributed by atoms with Gasteiger partial charge in [0.2, 0.25) is 0 Å². The van der Waals surface area contributed by atoms with E-state index in [0.717, 1.165) is 19.7 Å². The van der Waals surface area contributed by atoms with Gasteiger partial charge >= 0.3 is 0 Å². The number of fused-ring (bicyclic) bond motifs is 5. The topological polar surface area (TPSA) is 30.7 Å². The number of thiazole rings is 2. The van der Waals surface area contributed by atoms with Gasteiger partial charge in [-0.25, -0.2) is 9.97 Å². The minimum absolute atomic E-state index is 1.09. The highest BCUT2D eigenvalue weighted by Crippen LogP contribution is 2.38. The fourth-order valence-electron chi connectivity index (χ4n) is 3.17. The lowest BCUT2D eigenvalue weighted by Crippen LogP contribution is -1.85. The molecule has 0 unspecified atom stereocenters. The van der Waals surface area contributed by atoms with Crippen LogP contribution in [0.2, 0.25) is 0 Å². The molecule has 0 fully saturated rings. The molecule has 3 aromatic heterocycles. The molecule has 5 aromatic rings. The maximum absolute atomic E-state index is 4.73. The van der Waals surface area contributed by atoms with Crippen LogP contribution in [0.3, 0.4) is 0 Å². The molecule has 7 heteroatoms. The van der Waals surface area contributed by atoms with Crippen LogP contribution in [-0.4, -0.2) is 27.0 Å². The van der Waals surface area contributed by atoms with Gasteiger partial charge in [-0.2, -0.15) is 0 Å². The summed E-state index contributed by atoms with van der Waals surface area (Å²) in [7, 11) is 2.15. The van der Waals surface area contributed by atoms with E-state index in [2.05, 4.69) is 48.4 Å². The monoisotopic (exact) mass is 387 g/mol. The average Bonchev–Trinajstić information content (AvgIpc) is 3.26. The molecule has 3 heterocycles. The molecular formula is C17H13N3S4. The molecule has 0 aliphatic carbocycles. The molecule has 5 rings (SSSR count). The van der Waals surface area contributed by atoms with E-state index in [1.807, 2.05) is 0 Å². The Morgan fingerprint density at radius 2 is 1.25 bits per heavy atom. The molecule has 0 saturated heterocycles. The Kier molecular flexibility index (Phi) is 3.35. The van der Waals surface area contributed by atoms with E-state index in [4.69, 9.17) is 9.97 Å². The van der Waals surface area contributed by atoms with Gasteiger partial charge in [-0.05, 0) is 36.8 Å². The summed E-state index contributed by atoms with van der Waals surface area (Å²) >= 11 is 6.95. The summed E-state index contributed by atoms with van der Waals surface area (Å²) in [5.74, 6) is 0. The highest BCUT2D eigenvalue weighted by atomic mass is 32.2. The van der Waals surface area contributed by atoms with Crippen molar-refractivity contribution in [2.45, 2.75) is 8.68 Å². The zero-order chi connectivity index (χ0) is 16.4. The molecule has 0 radical (unpaired) electrons. The minimum Gasteiger partial charge on any atom is -0.344 e. The first-order chi connectivity index (χ1) is 11.7. The number of aromatic nitrogens is 3. The van der Waals surface area contributed by atoms with Gasteiger partial charge in [0.05, 0.1) is 31.5 Å². The maximum Gasteiger partial charge on any atom is 0.150 e. The fraction of sp³-hybridized carbons (Fsp3) is 0.176. The summed E-state index contributed by atoms with van der Waals surface area (Å²) in [4.78, 5) is 9.46. The lowest BCUT2D eigenvalue weighted by molar-refractivity contribution is 1.02. The van der Waals surface area contributed by atoms with Crippen LogP contribution in [0.4, 0.5) is 0 Å². The van der Waals surface area contributed by atoms with Gasteiger partial charge in [-0.15, -0.1) is 22.7 Å². The van der Waals surface area contributed by atoms with Gasteiger partial charge in [0.15, 0.2) is 8.68 Å². The first kappa shape index (κ1) is 15.0. The maximum atomic E-state index is 4.73. The van der Waals surface area contributed by atoms with Gasteiger partial charge in [-0.1, -0.05) is 23.5 Å². The Hall–Kier alpha value is -1.28. The summed E-state index contributed by atoms with van der Waals surface area (Å²) < 4.78 is 7.04. The second kappa shape index (κ2) is 5.36. The molecule has 2 aromatic carbocycles. The van der Waals surface area contributed by atoms with E-state index in [1.165, 1.54) is 31.2 Å². The number of aryl methyl sites for hydroxylation is 1. The summed E-state index contributed by atoms with van der Waals surface area (Å²) in [6, 6.07) is 9.02. The van der Waals surface area contributed by atoms with Crippen LogP contribution in [0.1, 0.15) is 0 Å². The van der Waals surface area contributed by atoms with Gasteiger partial charge in [0, 0.05) is 17.8 Å². The van der Waals surface area contributed by atoms with Crippen molar-refractivity contribution in [3.63, 3.8) is 0 Å². The largest absolute Gasteiger partial charge is 0.344 e. The molecule has 120 valence electrons. The predicted octanol–water partition coefficient (Wildman–Crippen LogP) is 5.99. The molecule has 0 spiro atoms. The number of nitrogens with zero attached hydrogens (tertiary/aromatic N) is 3. The third-order valence-corrected chi connectivity index (χ3v) is 8.34. The van der Waals surface area contributed by atoms with Crippen LogP contribution >= 0.6 is 46.2 Å². The summed E-state index contributed by atoms with van der Waals surface area (Å²) in [6.07, 6.45) is 4.16. The molecule has 0 N–H and O–H groups in total. The summed E-state index contributed by atoms with van der Waals surface area (Å²) in [5.41, 5.74) is 4.70. The van der Waals surface area contributed by atoms with Crippen molar-refractivity contribution in [1.82, 2.24) is 14.5 Å². The Morgan fingerprint density at radius 3 is 1.67 bits per heavy atom. The third-order valence-electron chi connectivity index (χ3n) is 4.33. The zero-order valence-corrected chi connectivity index (χ0v) is 16.6. The van der Waals surface area contributed by atoms with Gasteiger partial charge in [0.1, 0.15) is 0 Å². The molecule has 0 aliphatic rings. The number of hydrogen-bond acceptors (Lipinski definition) is 6. The molecule has 0 bridgehead atoms. The second-order valence-corrected chi connectivity index (χ2v) is 9.77. The summed E-state index contributed by atoms with van der Waals surface area (Å²) in [5, 5.41) is 2.53. The summed E-state index contributed by atoms with van der Waals surface area (Å²) in [6.45, 7) is 0. The van der Waals surface area contributed by atoms with Crippen molar-refractivity contribution < 1.29 is 0 Å². The third kappa shape index (κ3) is 2.05. The lowest BCUT2D eigenvalue weighted by atomic mass is 10.1. The smallest absolute Gasteiger partial charge is 0.150 e.